The van der Waals surface area contributed by atoms with E-state index in [0.29, 0.717) is 5.69 Å². The van der Waals surface area contributed by atoms with Crippen LogP contribution in [0.15, 0.2) is 30.5 Å². The van der Waals surface area contributed by atoms with Gasteiger partial charge in [0.15, 0.2) is 5.69 Å². The van der Waals surface area contributed by atoms with Crippen molar-refractivity contribution >= 4 is 11.6 Å². The van der Waals surface area contributed by atoms with Crippen LogP contribution in [0.4, 0.5) is 5.69 Å². The SMILES string of the molecule is O=C(Nc1cccc(O)c1)c1cn(C2CNC2)nn1. The number of hydrogen-bond donors (Lipinski definition) is 3. The molecule has 7 heteroatoms. The third kappa shape index (κ3) is 2.41. The van der Waals surface area contributed by atoms with Crippen LogP contribution >= 0.6 is 0 Å². The Morgan fingerprint density at radius 3 is 3.00 bits per heavy atom. The fraction of sp³-hybridized carbons (Fsp3) is 0.250. The van der Waals surface area contributed by atoms with Gasteiger partial charge in [-0.2, -0.15) is 0 Å². The first-order valence-electron chi connectivity index (χ1n) is 5.95. The van der Waals surface area contributed by atoms with Crippen LogP contribution < -0.4 is 10.6 Å². The number of anilines is 1. The Bertz CT molecular complexity index is 606. The fourth-order valence-corrected chi connectivity index (χ4v) is 1.80. The van der Waals surface area contributed by atoms with Crippen molar-refractivity contribution < 1.29 is 9.90 Å². The highest BCUT2D eigenvalue weighted by molar-refractivity contribution is 6.02. The lowest BCUT2D eigenvalue weighted by atomic mass is 10.2. The van der Waals surface area contributed by atoms with E-state index in [0.717, 1.165) is 13.1 Å². The van der Waals surface area contributed by atoms with Crippen LogP contribution in [0.2, 0.25) is 0 Å². The Morgan fingerprint density at radius 2 is 2.32 bits per heavy atom. The van der Waals surface area contributed by atoms with Crippen molar-refractivity contribution in [1.82, 2.24) is 20.3 Å². The molecule has 0 unspecified atom stereocenters. The van der Waals surface area contributed by atoms with Gasteiger partial charge in [0.25, 0.3) is 5.91 Å². The molecule has 1 saturated heterocycles. The smallest absolute Gasteiger partial charge is 0.277 e. The van der Waals surface area contributed by atoms with Gasteiger partial charge in [0.1, 0.15) is 5.75 Å². The van der Waals surface area contributed by atoms with Gasteiger partial charge in [-0.25, -0.2) is 4.68 Å². The summed E-state index contributed by atoms with van der Waals surface area (Å²) in [6, 6.07) is 6.63. The molecule has 1 aromatic heterocycles. The molecule has 3 N–H and O–H groups in total. The van der Waals surface area contributed by atoms with Crippen molar-refractivity contribution in [2.75, 3.05) is 18.4 Å². The van der Waals surface area contributed by atoms with Gasteiger partial charge in [-0.05, 0) is 12.1 Å². The first-order chi connectivity index (χ1) is 9.22. The summed E-state index contributed by atoms with van der Waals surface area (Å²) in [6.07, 6.45) is 1.63. The number of benzene rings is 1. The van der Waals surface area contributed by atoms with Gasteiger partial charge in [0.05, 0.1) is 12.2 Å². The minimum Gasteiger partial charge on any atom is -0.508 e. The van der Waals surface area contributed by atoms with Crippen molar-refractivity contribution in [1.29, 1.82) is 0 Å². The highest BCUT2D eigenvalue weighted by atomic mass is 16.3. The minimum absolute atomic E-state index is 0.0991. The average molecular weight is 259 g/mol. The molecule has 0 radical (unpaired) electrons. The molecule has 19 heavy (non-hydrogen) atoms. The van der Waals surface area contributed by atoms with Crippen LogP contribution in [0.3, 0.4) is 0 Å². The molecule has 1 aromatic carbocycles. The van der Waals surface area contributed by atoms with Crippen LogP contribution in [-0.2, 0) is 0 Å². The molecule has 1 aliphatic heterocycles. The van der Waals surface area contributed by atoms with E-state index in [9.17, 15) is 9.90 Å². The first kappa shape index (κ1) is 11.7. The van der Waals surface area contributed by atoms with Gasteiger partial charge in [-0.15, -0.1) is 5.10 Å². The molecule has 1 amide bonds. The third-order valence-electron chi connectivity index (χ3n) is 2.98. The molecule has 7 nitrogen and oxygen atoms in total. The molecule has 0 bridgehead atoms. The van der Waals surface area contributed by atoms with Gasteiger partial charge < -0.3 is 15.7 Å². The Balaban J connectivity index is 1.71. The number of nitrogens with zero attached hydrogens (tertiary/aromatic N) is 3. The standard InChI is InChI=1S/C12H13N5O2/c18-10-3-1-2-8(4-10)14-12(19)11-7-17(16-15-11)9-5-13-6-9/h1-4,7,9,13,18H,5-6H2,(H,14,19). The molecule has 2 aromatic rings. The number of carbonyl (C=O) groups excluding carboxylic acids is 1. The zero-order chi connectivity index (χ0) is 13.2. The van der Waals surface area contributed by atoms with Crippen LogP contribution in [0.1, 0.15) is 16.5 Å². The second-order valence-corrected chi connectivity index (χ2v) is 4.40. The second kappa shape index (κ2) is 4.69. The van der Waals surface area contributed by atoms with E-state index in [-0.39, 0.29) is 23.4 Å². The van der Waals surface area contributed by atoms with Gasteiger partial charge >= 0.3 is 0 Å². The molecule has 2 heterocycles. The molecule has 0 saturated carbocycles. The summed E-state index contributed by atoms with van der Waals surface area (Å²) < 4.78 is 1.69. The topological polar surface area (TPSA) is 92.1 Å². The number of carbonyl (C=O) groups is 1. The first-order valence-corrected chi connectivity index (χ1v) is 5.95. The molecule has 98 valence electrons. The number of aromatic hydroxyl groups is 1. The van der Waals surface area contributed by atoms with E-state index in [1.165, 1.54) is 12.1 Å². The van der Waals surface area contributed by atoms with Crippen molar-refractivity contribution in [3.8, 4) is 5.75 Å². The van der Waals surface area contributed by atoms with Crippen LogP contribution in [-0.4, -0.2) is 39.1 Å². The predicted octanol–water partition coefficient (Wildman–Crippen LogP) is 0.380. The third-order valence-corrected chi connectivity index (χ3v) is 2.98. The Kier molecular flexibility index (Phi) is 2.88. The Labute approximate surface area is 109 Å². The number of amides is 1. The zero-order valence-electron chi connectivity index (χ0n) is 10.1. The quantitative estimate of drug-likeness (QED) is 0.741. The lowest BCUT2D eigenvalue weighted by Gasteiger charge is -2.26. The van der Waals surface area contributed by atoms with Gasteiger partial charge in [0, 0.05) is 24.8 Å². The number of rotatable bonds is 3. The number of aromatic nitrogens is 3. The number of phenols is 1. The highest BCUT2D eigenvalue weighted by Crippen LogP contribution is 2.16. The van der Waals surface area contributed by atoms with Gasteiger partial charge in [-0.1, -0.05) is 11.3 Å². The summed E-state index contributed by atoms with van der Waals surface area (Å²) >= 11 is 0. The predicted molar refractivity (Wildman–Crippen MR) is 68.0 cm³/mol. The normalized spacial score (nSPS) is 14.9. The maximum absolute atomic E-state index is 11.9. The number of nitrogens with one attached hydrogen (secondary N) is 2. The van der Waals surface area contributed by atoms with E-state index in [1.54, 1.807) is 23.0 Å². The molecule has 0 spiro atoms. The van der Waals surface area contributed by atoms with Crippen LogP contribution in [0.25, 0.3) is 0 Å². The molecule has 0 atom stereocenters. The minimum atomic E-state index is -0.343. The Morgan fingerprint density at radius 1 is 1.47 bits per heavy atom. The fourth-order valence-electron chi connectivity index (χ4n) is 1.80. The van der Waals surface area contributed by atoms with Gasteiger partial charge in [-0.3, -0.25) is 4.79 Å². The highest BCUT2D eigenvalue weighted by Gasteiger charge is 2.21. The van der Waals surface area contributed by atoms with Crippen LogP contribution in [0, 0.1) is 0 Å². The summed E-state index contributed by atoms with van der Waals surface area (Å²) in [5, 5.41) is 22.9. The van der Waals surface area contributed by atoms with Crippen molar-refractivity contribution in [3.63, 3.8) is 0 Å². The molecule has 1 fully saturated rings. The number of phenolic OH excluding ortho intramolecular Hbond substituents is 1. The van der Waals surface area contributed by atoms with Crippen molar-refractivity contribution in [3.05, 3.63) is 36.2 Å². The molecule has 3 rings (SSSR count). The maximum atomic E-state index is 11.9. The lowest BCUT2D eigenvalue weighted by molar-refractivity contribution is 0.102. The molecule has 0 aliphatic carbocycles. The summed E-state index contributed by atoms with van der Waals surface area (Å²) in [5.74, 6) is -0.244. The average Bonchev–Trinajstić information content (AvgIpc) is 2.76. The number of hydrogen-bond acceptors (Lipinski definition) is 5. The summed E-state index contributed by atoms with van der Waals surface area (Å²) in [7, 11) is 0. The van der Waals surface area contributed by atoms with E-state index in [1.807, 2.05) is 0 Å². The largest absolute Gasteiger partial charge is 0.508 e. The van der Waals surface area contributed by atoms with E-state index in [4.69, 9.17) is 0 Å². The summed E-state index contributed by atoms with van der Waals surface area (Å²) in [4.78, 5) is 11.9. The maximum Gasteiger partial charge on any atom is 0.277 e. The summed E-state index contributed by atoms with van der Waals surface area (Å²) in [6.45, 7) is 1.69. The Hall–Kier alpha value is -2.41. The molecular formula is C12H13N5O2. The lowest BCUT2D eigenvalue weighted by Crippen LogP contribution is -2.43. The van der Waals surface area contributed by atoms with Crippen molar-refractivity contribution in [2.45, 2.75) is 6.04 Å². The second-order valence-electron chi connectivity index (χ2n) is 4.40. The van der Waals surface area contributed by atoms with Crippen LogP contribution in [0.5, 0.6) is 5.75 Å². The van der Waals surface area contributed by atoms with E-state index >= 15 is 0 Å². The van der Waals surface area contributed by atoms with Crippen molar-refractivity contribution in [2.24, 2.45) is 0 Å². The monoisotopic (exact) mass is 259 g/mol. The molecular weight excluding hydrogens is 246 g/mol. The van der Waals surface area contributed by atoms with E-state index < -0.39 is 0 Å². The summed E-state index contributed by atoms with van der Waals surface area (Å²) in [5.41, 5.74) is 0.778. The van der Waals surface area contributed by atoms with E-state index in [2.05, 4.69) is 20.9 Å². The van der Waals surface area contributed by atoms with Gasteiger partial charge in [0.2, 0.25) is 0 Å². The zero-order valence-corrected chi connectivity index (χ0v) is 10.1. The molecule has 1 aliphatic rings.